The van der Waals surface area contributed by atoms with Crippen LogP contribution in [-0.4, -0.2) is 80.5 Å². The standard InChI is InChI=1S/C32H36BrN5O4/c1-36(2)17-18-37(3)20-28(39)38(4)25-13-11-24(12-14-25)34-31(22-8-5-21(6-9-22)7-16-29(40)41)30-26-15-10-23(33)19-27(26)35-32(30)42/h5-6,8-15,19,34H,7,16-18,20H2,1-4H3,(H,35,42)(H,40,41). The van der Waals surface area contributed by atoms with Crippen LogP contribution in [0.2, 0.25) is 0 Å². The third kappa shape index (κ3) is 7.84. The largest absolute Gasteiger partial charge is 0.481 e. The number of aliphatic carboxylic acids is 1. The number of rotatable bonds is 12. The Morgan fingerprint density at radius 1 is 0.929 bits per heavy atom. The third-order valence-corrected chi connectivity index (χ3v) is 7.57. The highest BCUT2D eigenvalue weighted by molar-refractivity contribution is 9.10. The Bertz CT molecular complexity index is 1490. The maximum absolute atomic E-state index is 13.2. The van der Waals surface area contributed by atoms with Crippen LogP contribution in [0.5, 0.6) is 0 Å². The van der Waals surface area contributed by atoms with E-state index in [2.05, 4.69) is 31.5 Å². The first kappa shape index (κ1) is 31.0. The number of nitrogens with zero attached hydrogens (tertiary/aromatic N) is 3. The molecule has 0 bridgehead atoms. The Balaban J connectivity index is 1.60. The van der Waals surface area contributed by atoms with Gasteiger partial charge in [0.1, 0.15) is 0 Å². The molecule has 220 valence electrons. The monoisotopic (exact) mass is 633 g/mol. The van der Waals surface area contributed by atoms with Gasteiger partial charge >= 0.3 is 5.97 Å². The van der Waals surface area contributed by atoms with Gasteiger partial charge in [-0.2, -0.15) is 0 Å². The number of carbonyl (C=O) groups excluding carboxylic acids is 2. The van der Waals surface area contributed by atoms with Gasteiger partial charge in [-0.15, -0.1) is 0 Å². The lowest BCUT2D eigenvalue weighted by molar-refractivity contribution is -0.137. The average Bonchev–Trinajstić information content (AvgIpc) is 3.28. The van der Waals surface area contributed by atoms with Crippen LogP contribution < -0.4 is 15.5 Å². The third-order valence-electron chi connectivity index (χ3n) is 7.08. The van der Waals surface area contributed by atoms with Crippen molar-refractivity contribution in [1.82, 2.24) is 9.80 Å². The molecule has 0 radical (unpaired) electrons. The van der Waals surface area contributed by atoms with Crippen molar-refractivity contribution >= 4 is 62.0 Å². The molecule has 0 fully saturated rings. The molecule has 4 rings (SSSR count). The molecule has 42 heavy (non-hydrogen) atoms. The zero-order valence-corrected chi connectivity index (χ0v) is 25.9. The summed E-state index contributed by atoms with van der Waals surface area (Å²) in [5.41, 5.74) is 5.82. The summed E-state index contributed by atoms with van der Waals surface area (Å²) in [6.45, 7) is 1.98. The predicted molar refractivity (Wildman–Crippen MR) is 172 cm³/mol. The zero-order valence-electron chi connectivity index (χ0n) is 24.3. The van der Waals surface area contributed by atoms with E-state index in [0.717, 1.165) is 45.6 Å². The van der Waals surface area contributed by atoms with Gasteiger partial charge in [-0.1, -0.05) is 46.3 Å². The minimum atomic E-state index is -0.846. The van der Waals surface area contributed by atoms with Crippen LogP contribution >= 0.6 is 15.9 Å². The number of carboxylic acids is 1. The first-order chi connectivity index (χ1) is 20.0. The SMILES string of the molecule is CN(C)CCN(C)CC(=O)N(C)c1ccc(NC(=C2C(=O)Nc3cc(Br)ccc32)c2ccc(CCC(=O)O)cc2)cc1. The quantitative estimate of drug-likeness (QED) is 0.245. The van der Waals surface area contributed by atoms with Crippen LogP contribution in [-0.2, 0) is 20.8 Å². The van der Waals surface area contributed by atoms with Crippen molar-refractivity contribution in [2.24, 2.45) is 0 Å². The van der Waals surface area contributed by atoms with Gasteiger partial charge in [0.25, 0.3) is 5.91 Å². The summed E-state index contributed by atoms with van der Waals surface area (Å²) < 4.78 is 0.859. The molecule has 10 heteroatoms. The lowest BCUT2D eigenvalue weighted by atomic mass is 9.98. The Morgan fingerprint density at radius 2 is 1.62 bits per heavy atom. The van der Waals surface area contributed by atoms with E-state index in [0.29, 0.717) is 29.9 Å². The second kappa shape index (κ2) is 13.8. The smallest absolute Gasteiger partial charge is 0.303 e. The van der Waals surface area contributed by atoms with Crippen molar-refractivity contribution in [2.75, 3.05) is 63.4 Å². The van der Waals surface area contributed by atoms with Crippen LogP contribution in [0.4, 0.5) is 17.1 Å². The first-order valence-electron chi connectivity index (χ1n) is 13.7. The minimum absolute atomic E-state index is 0.00634. The fourth-order valence-electron chi connectivity index (χ4n) is 4.61. The van der Waals surface area contributed by atoms with Gasteiger partial charge in [-0.05, 0) is 75.1 Å². The Morgan fingerprint density at radius 3 is 2.26 bits per heavy atom. The van der Waals surface area contributed by atoms with Crippen molar-refractivity contribution in [3.8, 4) is 0 Å². The molecule has 0 saturated heterocycles. The number of amides is 2. The van der Waals surface area contributed by atoms with Crippen LogP contribution in [0.15, 0.2) is 71.2 Å². The minimum Gasteiger partial charge on any atom is -0.481 e. The van der Waals surface area contributed by atoms with Gasteiger partial charge in [0.2, 0.25) is 5.91 Å². The van der Waals surface area contributed by atoms with Crippen molar-refractivity contribution in [3.63, 3.8) is 0 Å². The zero-order chi connectivity index (χ0) is 30.4. The molecule has 0 atom stereocenters. The highest BCUT2D eigenvalue weighted by Gasteiger charge is 2.28. The number of nitrogens with one attached hydrogen (secondary N) is 2. The van der Waals surface area contributed by atoms with E-state index in [1.807, 2.05) is 92.8 Å². The van der Waals surface area contributed by atoms with E-state index in [1.165, 1.54) is 0 Å². The molecule has 9 nitrogen and oxygen atoms in total. The number of aryl methyl sites for hydroxylation is 1. The van der Waals surface area contributed by atoms with Crippen molar-refractivity contribution in [3.05, 3.63) is 87.9 Å². The molecular weight excluding hydrogens is 598 g/mol. The van der Waals surface area contributed by atoms with Gasteiger partial charge in [-0.25, -0.2) is 0 Å². The molecule has 1 aliphatic heterocycles. The van der Waals surface area contributed by atoms with Gasteiger partial charge in [0.05, 0.1) is 23.5 Å². The van der Waals surface area contributed by atoms with Gasteiger partial charge in [-0.3, -0.25) is 19.3 Å². The van der Waals surface area contributed by atoms with Crippen molar-refractivity contribution in [2.45, 2.75) is 12.8 Å². The van der Waals surface area contributed by atoms with Crippen molar-refractivity contribution in [1.29, 1.82) is 0 Å². The van der Waals surface area contributed by atoms with Crippen LogP contribution in [0.1, 0.15) is 23.1 Å². The molecule has 2 amide bonds. The van der Waals surface area contributed by atoms with E-state index in [4.69, 9.17) is 5.11 Å². The summed E-state index contributed by atoms with van der Waals surface area (Å²) in [6.07, 6.45) is 0.470. The fourth-order valence-corrected chi connectivity index (χ4v) is 4.97. The van der Waals surface area contributed by atoms with Crippen LogP contribution in [0.3, 0.4) is 0 Å². The van der Waals surface area contributed by atoms with E-state index < -0.39 is 5.97 Å². The average molecular weight is 635 g/mol. The number of carboxylic acid groups (broad SMARTS) is 1. The number of benzene rings is 3. The van der Waals surface area contributed by atoms with E-state index in [9.17, 15) is 14.4 Å². The Labute approximate surface area is 254 Å². The van der Waals surface area contributed by atoms with E-state index in [-0.39, 0.29) is 18.2 Å². The lowest BCUT2D eigenvalue weighted by Gasteiger charge is -2.23. The Kier molecular flexibility index (Phi) is 10.2. The molecular formula is C32H36BrN5O4. The summed E-state index contributed by atoms with van der Waals surface area (Å²) in [5, 5.41) is 15.4. The molecule has 3 aromatic carbocycles. The number of hydrogen-bond donors (Lipinski definition) is 3. The van der Waals surface area contributed by atoms with E-state index in [1.54, 1.807) is 11.9 Å². The van der Waals surface area contributed by atoms with Crippen LogP contribution in [0, 0.1) is 0 Å². The summed E-state index contributed by atoms with van der Waals surface area (Å²) >= 11 is 3.47. The number of carbonyl (C=O) groups is 3. The summed E-state index contributed by atoms with van der Waals surface area (Å²) in [6, 6.07) is 20.7. The summed E-state index contributed by atoms with van der Waals surface area (Å²) in [4.78, 5) is 42.9. The maximum atomic E-state index is 13.2. The number of anilines is 3. The van der Waals surface area contributed by atoms with Crippen molar-refractivity contribution < 1.29 is 19.5 Å². The molecule has 0 spiro atoms. The Hall–Kier alpha value is -3.99. The predicted octanol–water partition coefficient (Wildman–Crippen LogP) is 4.86. The fraction of sp³-hybridized carbons (Fsp3) is 0.281. The van der Waals surface area contributed by atoms with Gasteiger partial charge in [0.15, 0.2) is 0 Å². The lowest BCUT2D eigenvalue weighted by Crippen LogP contribution is -2.39. The molecule has 0 aliphatic carbocycles. The summed E-state index contributed by atoms with van der Waals surface area (Å²) in [7, 11) is 7.72. The normalized spacial score (nSPS) is 13.6. The molecule has 0 saturated carbocycles. The maximum Gasteiger partial charge on any atom is 0.303 e. The van der Waals surface area contributed by atoms with Gasteiger partial charge < -0.3 is 25.5 Å². The molecule has 3 N–H and O–H groups in total. The highest BCUT2D eigenvalue weighted by atomic mass is 79.9. The number of likely N-dealkylation sites (N-methyl/N-ethyl adjacent to an activating group) is 3. The van der Waals surface area contributed by atoms with E-state index >= 15 is 0 Å². The second-order valence-corrected chi connectivity index (χ2v) is 11.6. The molecule has 0 unspecified atom stereocenters. The number of halogens is 1. The highest BCUT2D eigenvalue weighted by Crippen LogP contribution is 2.39. The number of hydrogen-bond acceptors (Lipinski definition) is 6. The molecule has 1 aliphatic rings. The summed E-state index contributed by atoms with van der Waals surface area (Å²) in [5.74, 6) is -1.07. The van der Waals surface area contributed by atoms with Gasteiger partial charge in [0, 0.05) is 48.0 Å². The second-order valence-electron chi connectivity index (χ2n) is 10.7. The molecule has 1 heterocycles. The molecule has 0 aromatic heterocycles. The first-order valence-corrected chi connectivity index (χ1v) is 14.4. The van der Waals surface area contributed by atoms with Crippen LogP contribution in [0.25, 0.3) is 11.3 Å². The number of fused-ring (bicyclic) bond motifs is 1. The topological polar surface area (TPSA) is 105 Å². The molecule has 3 aromatic rings.